The number of ether oxygens (including phenoxy) is 1. The molecule has 10 nitrogen and oxygen atoms in total. The van der Waals surface area contributed by atoms with Gasteiger partial charge in [-0.25, -0.2) is 0 Å². The molecule has 0 spiro atoms. The van der Waals surface area contributed by atoms with Gasteiger partial charge in [0.05, 0.1) is 5.92 Å². The predicted octanol–water partition coefficient (Wildman–Crippen LogP) is 4.07. The first-order valence-corrected chi connectivity index (χ1v) is 13.3. The summed E-state index contributed by atoms with van der Waals surface area (Å²) < 4.78 is 5.06. The van der Waals surface area contributed by atoms with Crippen molar-refractivity contribution in [3.8, 4) is 0 Å². The zero-order chi connectivity index (χ0) is 30.1. The molecule has 2 aromatic carbocycles. The minimum atomic E-state index is -0.522. The number of rotatable bonds is 12. The fourth-order valence-electron chi connectivity index (χ4n) is 3.71. The smallest absolute Gasteiger partial charge is 0.373 e. The van der Waals surface area contributed by atoms with E-state index in [4.69, 9.17) is 23.9 Å². The highest BCUT2D eigenvalue weighted by molar-refractivity contribution is 7.99. The van der Waals surface area contributed by atoms with E-state index < -0.39 is 5.54 Å². The Morgan fingerprint density at radius 1 is 0.825 bits per heavy atom. The minimum absolute atomic E-state index is 0.000693. The molecule has 1 saturated carbocycles. The first-order valence-electron chi connectivity index (χ1n) is 12.5. The van der Waals surface area contributed by atoms with Crippen LogP contribution in [0.25, 0.3) is 0 Å². The zero-order valence-electron chi connectivity index (χ0n) is 22.5. The van der Waals surface area contributed by atoms with E-state index in [0.29, 0.717) is 24.0 Å². The van der Waals surface area contributed by atoms with Gasteiger partial charge in [-0.15, -0.1) is 0 Å². The number of hydrogen-bond donors (Lipinski definition) is 1. The van der Waals surface area contributed by atoms with Crippen LogP contribution in [0.5, 0.6) is 0 Å². The van der Waals surface area contributed by atoms with Crippen molar-refractivity contribution in [2.45, 2.75) is 68.2 Å². The average Bonchev–Trinajstić information content (AvgIpc) is 3.78. The van der Waals surface area contributed by atoms with Crippen LogP contribution in [0.2, 0.25) is 0 Å². The summed E-state index contributed by atoms with van der Waals surface area (Å²) in [5, 5.41) is 2.96. The predicted molar refractivity (Wildman–Crippen MR) is 141 cm³/mol. The molecule has 212 valence electrons. The highest BCUT2D eigenvalue weighted by atomic mass is 32.2. The van der Waals surface area contributed by atoms with Crippen LogP contribution in [0, 0.1) is 5.92 Å². The number of benzene rings is 2. The van der Waals surface area contributed by atoms with Crippen molar-refractivity contribution >= 4 is 47.5 Å². The standard InChI is InChI=1S/C27H31NO5S.2CO2/c1-4-27(5-2,28-18(3)29)16-24(30)19-8-12-22(13-9-19)34-23-14-10-20(11-15-23)25(31)17-33-26(32)21-6-7-21;2*2-1-3/h8-15,21H,4-7,16-17H2,1-3H3,(H,28,29);;. The van der Waals surface area contributed by atoms with Gasteiger partial charge in [0.15, 0.2) is 18.2 Å². The third-order valence-electron chi connectivity index (χ3n) is 6.14. The molecule has 11 heteroatoms. The fraction of sp³-hybridized carbons (Fsp3) is 0.379. The Bertz CT molecular complexity index is 1210. The monoisotopic (exact) mass is 569 g/mol. The Kier molecular flexibility index (Phi) is 14.7. The second kappa shape index (κ2) is 17.4. The molecule has 1 aliphatic rings. The highest BCUT2D eigenvalue weighted by Crippen LogP contribution is 2.31. The van der Waals surface area contributed by atoms with Gasteiger partial charge in [-0.3, -0.25) is 19.2 Å². The molecule has 2 aromatic rings. The van der Waals surface area contributed by atoms with Gasteiger partial charge >= 0.3 is 18.3 Å². The molecule has 0 unspecified atom stereocenters. The van der Waals surface area contributed by atoms with Crippen molar-refractivity contribution in [2.75, 3.05) is 6.61 Å². The maximum atomic E-state index is 12.8. The van der Waals surface area contributed by atoms with Crippen molar-refractivity contribution in [3.63, 3.8) is 0 Å². The van der Waals surface area contributed by atoms with Gasteiger partial charge in [0.1, 0.15) is 0 Å². The summed E-state index contributed by atoms with van der Waals surface area (Å²) in [6.45, 7) is 5.21. The lowest BCUT2D eigenvalue weighted by Crippen LogP contribution is -2.48. The summed E-state index contributed by atoms with van der Waals surface area (Å²) in [6.07, 6.45) is 3.83. The fourth-order valence-corrected chi connectivity index (χ4v) is 4.53. The summed E-state index contributed by atoms with van der Waals surface area (Å²) in [7, 11) is 0. The zero-order valence-corrected chi connectivity index (χ0v) is 23.3. The van der Waals surface area contributed by atoms with Gasteiger partial charge in [-0.05, 0) is 49.9 Å². The molecule has 3 rings (SSSR count). The maximum Gasteiger partial charge on any atom is 0.373 e. The molecule has 1 amide bonds. The summed E-state index contributed by atoms with van der Waals surface area (Å²) >= 11 is 1.52. The van der Waals surface area contributed by atoms with Gasteiger partial charge in [0, 0.05) is 39.8 Å². The molecule has 0 heterocycles. The number of esters is 1. The number of ketones is 2. The Morgan fingerprint density at radius 3 is 1.62 bits per heavy atom. The first-order chi connectivity index (χ1) is 19.1. The summed E-state index contributed by atoms with van der Waals surface area (Å²) in [6, 6.07) is 14.6. The first kappa shape index (κ1) is 33.9. The van der Waals surface area contributed by atoms with E-state index in [2.05, 4.69) is 5.32 Å². The molecule has 1 fully saturated rings. The van der Waals surface area contributed by atoms with Gasteiger partial charge in [0.25, 0.3) is 0 Å². The van der Waals surface area contributed by atoms with E-state index in [-0.39, 0.29) is 54.7 Å². The Balaban J connectivity index is 0.00000122. The van der Waals surface area contributed by atoms with Crippen LogP contribution < -0.4 is 5.32 Å². The van der Waals surface area contributed by atoms with Crippen LogP contribution in [0.4, 0.5) is 0 Å². The van der Waals surface area contributed by atoms with Crippen LogP contribution in [-0.2, 0) is 33.5 Å². The number of amides is 1. The second-order valence-electron chi connectivity index (χ2n) is 8.89. The number of Topliss-reactive ketones (excluding diaryl/α,β-unsaturated/α-hetero) is 2. The van der Waals surface area contributed by atoms with Gasteiger partial charge in [0.2, 0.25) is 5.91 Å². The molecule has 40 heavy (non-hydrogen) atoms. The highest BCUT2D eigenvalue weighted by Gasteiger charge is 2.32. The molecular weight excluding hydrogens is 538 g/mol. The Morgan fingerprint density at radius 2 is 1.25 bits per heavy atom. The number of hydrogen-bond acceptors (Lipinski definition) is 10. The van der Waals surface area contributed by atoms with Crippen molar-refractivity contribution in [3.05, 3.63) is 59.7 Å². The number of carbonyl (C=O) groups excluding carboxylic acids is 8. The molecule has 0 atom stereocenters. The number of carbonyl (C=O) groups is 4. The largest absolute Gasteiger partial charge is 0.457 e. The maximum absolute atomic E-state index is 12.8. The summed E-state index contributed by atoms with van der Waals surface area (Å²) in [5.74, 6) is -0.656. The van der Waals surface area contributed by atoms with E-state index in [1.54, 1.807) is 24.3 Å². The molecule has 0 aliphatic heterocycles. The van der Waals surface area contributed by atoms with E-state index in [1.807, 2.05) is 38.1 Å². The third-order valence-corrected chi connectivity index (χ3v) is 7.15. The van der Waals surface area contributed by atoms with Gasteiger partial charge in [-0.1, -0.05) is 49.9 Å². The Labute approximate surface area is 236 Å². The Hall–Kier alpha value is -4.17. The van der Waals surface area contributed by atoms with Crippen LogP contribution >= 0.6 is 11.8 Å². The molecule has 0 radical (unpaired) electrons. The normalized spacial score (nSPS) is 11.7. The van der Waals surface area contributed by atoms with E-state index in [0.717, 1.165) is 22.6 Å². The van der Waals surface area contributed by atoms with Crippen molar-refractivity contribution in [1.82, 2.24) is 5.32 Å². The van der Waals surface area contributed by atoms with Gasteiger partial charge < -0.3 is 10.1 Å². The average molecular weight is 570 g/mol. The van der Waals surface area contributed by atoms with E-state index >= 15 is 0 Å². The van der Waals surface area contributed by atoms with Crippen molar-refractivity contribution in [1.29, 1.82) is 0 Å². The SMILES string of the molecule is CCC(CC)(CC(=O)c1ccc(Sc2ccc(C(=O)COC(=O)C3CC3)cc2)cc1)NC(C)=O.O=C=O.O=C=O. The lowest BCUT2D eigenvalue weighted by Gasteiger charge is -2.32. The van der Waals surface area contributed by atoms with Crippen LogP contribution in [0.15, 0.2) is 58.3 Å². The molecule has 1 aliphatic carbocycles. The van der Waals surface area contributed by atoms with Crippen LogP contribution in [0.1, 0.15) is 73.6 Å². The number of nitrogens with one attached hydrogen (secondary N) is 1. The lowest BCUT2D eigenvalue weighted by atomic mass is 9.85. The summed E-state index contributed by atoms with van der Waals surface area (Å²) in [5.41, 5.74) is 0.595. The quantitative estimate of drug-likeness (QED) is 0.292. The van der Waals surface area contributed by atoms with E-state index in [1.165, 1.54) is 18.7 Å². The lowest BCUT2D eigenvalue weighted by molar-refractivity contribution is -0.193. The second-order valence-corrected chi connectivity index (χ2v) is 10.0. The third kappa shape index (κ3) is 11.7. The van der Waals surface area contributed by atoms with Crippen molar-refractivity contribution < 1.29 is 43.1 Å². The molecule has 0 aromatic heterocycles. The topological polar surface area (TPSA) is 158 Å². The van der Waals surface area contributed by atoms with Crippen LogP contribution in [0.3, 0.4) is 0 Å². The molecular formula is C29H31NO9S. The minimum Gasteiger partial charge on any atom is -0.457 e. The summed E-state index contributed by atoms with van der Waals surface area (Å²) in [4.78, 5) is 82.7. The van der Waals surface area contributed by atoms with Crippen LogP contribution in [-0.4, -0.2) is 47.9 Å². The van der Waals surface area contributed by atoms with E-state index in [9.17, 15) is 19.2 Å². The molecule has 0 saturated heterocycles. The van der Waals surface area contributed by atoms with Crippen molar-refractivity contribution in [2.24, 2.45) is 5.92 Å². The van der Waals surface area contributed by atoms with Gasteiger partial charge in [-0.2, -0.15) is 19.2 Å². The molecule has 1 N–H and O–H groups in total. The molecule has 0 bridgehead atoms.